The fraction of sp³-hybridized carbons (Fsp3) is 0.500. The predicted octanol–water partition coefficient (Wildman–Crippen LogP) is 2.22. The van der Waals surface area contributed by atoms with Crippen LogP contribution in [0.25, 0.3) is 0 Å². The summed E-state index contributed by atoms with van der Waals surface area (Å²) in [5.41, 5.74) is 1.81. The zero-order valence-electron chi connectivity index (χ0n) is 9.27. The topological polar surface area (TPSA) is 63.4 Å². The molecular formula is C12H15NO3. The molecule has 0 amide bonds. The molecule has 1 saturated carbocycles. The minimum Gasteiger partial charge on any atom is -0.396 e. The third-order valence-electron chi connectivity index (χ3n) is 3.43. The first-order valence-corrected chi connectivity index (χ1v) is 5.42. The van der Waals surface area contributed by atoms with Crippen molar-refractivity contribution in [1.29, 1.82) is 0 Å². The summed E-state index contributed by atoms with van der Waals surface area (Å²) >= 11 is 0. The van der Waals surface area contributed by atoms with Crippen LogP contribution in [0.15, 0.2) is 18.2 Å². The molecule has 1 fully saturated rings. The van der Waals surface area contributed by atoms with Crippen LogP contribution < -0.4 is 0 Å². The van der Waals surface area contributed by atoms with Crippen LogP contribution in [0.3, 0.4) is 0 Å². The Morgan fingerprint density at radius 1 is 1.50 bits per heavy atom. The Labute approximate surface area is 94.1 Å². The fourth-order valence-corrected chi connectivity index (χ4v) is 2.03. The minimum absolute atomic E-state index is 0.0864. The Bertz CT molecular complexity index is 424. The van der Waals surface area contributed by atoms with Gasteiger partial charge in [0.05, 0.1) is 4.92 Å². The van der Waals surface area contributed by atoms with Gasteiger partial charge in [0, 0.05) is 18.2 Å². The van der Waals surface area contributed by atoms with Crippen LogP contribution in [-0.2, 0) is 6.42 Å². The molecule has 1 aromatic rings. The number of benzene rings is 1. The molecular weight excluding hydrogens is 206 g/mol. The fourth-order valence-electron chi connectivity index (χ4n) is 2.03. The summed E-state index contributed by atoms with van der Waals surface area (Å²) in [5.74, 6) is 0. The molecule has 0 radical (unpaired) electrons. The van der Waals surface area contributed by atoms with E-state index in [-0.39, 0.29) is 22.6 Å². The van der Waals surface area contributed by atoms with Gasteiger partial charge in [-0.2, -0.15) is 0 Å². The molecule has 0 aliphatic heterocycles. The summed E-state index contributed by atoms with van der Waals surface area (Å²) in [6.07, 6.45) is 2.55. The number of nitro benzene ring substituents is 1. The normalized spacial score (nSPS) is 17.1. The molecule has 1 aromatic carbocycles. The van der Waals surface area contributed by atoms with Gasteiger partial charge in [0.25, 0.3) is 5.69 Å². The quantitative estimate of drug-likeness (QED) is 0.626. The maximum absolute atomic E-state index is 10.9. The van der Waals surface area contributed by atoms with Gasteiger partial charge < -0.3 is 5.11 Å². The standard InChI is InChI=1S/C12H15NO3/c1-9-3-2-4-11(13(15)16)10(9)7-12(8-14)5-6-12/h2-4,14H,5-8H2,1H3. The number of hydrogen-bond acceptors (Lipinski definition) is 3. The van der Waals surface area contributed by atoms with Gasteiger partial charge in [-0.15, -0.1) is 0 Å². The number of hydrogen-bond donors (Lipinski definition) is 1. The van der Waals surface area contributed by atoms with Crippen molar-refractivity contribution < 1.29 is 10.0 Å². The zero-order chi connectivity index (χ0) is 11.8. The molecule has 2 rings (SSSR count). The molecule has 1 aliphatic carbocycles. The molecule has 16 heavy (non-hydrogen) atoms. The number of aliphatic hydroxyl groups is 1. The second kappa shape index (κ2) is 3.87. The lowest BCUT2D eigenvalue weighted by Crippen LogP contribution is -2.12. The van der Waals surface area contributed by atoms with Crippen LogP contribution in [0.2, 0.25) is 0 Å². The van der Waals surface area contributed by atoms with Crippen molar-refractivity contribution in [1.82, 2.24) is 0 Å². The molecule has 0 unspecified atom stereocenters. The van der Waals surface area contributed by atoms with Crippen LogP contribution in [0, 0.1) is 22.5 Å². The van der Waals surface area contributed by atoms with Gasteiger partial charge in [0.2, 0.25) is 0 Å². The van der Waals surface area contributed by atoms with E-state index in [1.807, 2.05) is 13.0 Å². The number of nitrogens with zero attached hydrogens (tertiary/aromatic N) is 1. The van der Waals surface area contributed by atoms with E-state index < -0.39 is 0 Å². The molecule has 0 atom stereocenters. The van der Waals surface area contributed by atoms with Crippen molar-refractivity contribution in [3.8, 4) is 0 Å². The number of aliphatic hydroxyl groups excluding tert-OH is 1. The van der Waals surface area contributed by atoms with Crippen LogP contribution in [0.4, 0.5) is 5.69 Å². The van der Waals surface area contributed by atoms with E-state index in [4.69, 9.17) is 0 Å². The second-order valence-corrected chi connectivity index (χ2v) is 4.66. The van der Waals surface area contributed by atoms with Gasteiger partial charge in [0.1, 0.15) is 0 Å². The molecule has 0 heterocycles. The highest BCUT2D eigenvalue weighted by Gasteiger charge is 2.43. The average molecular weight is 221 g/mol. The van der Waals surface area contributed by atoms with E-state index in [9.17, 15) is 15.2 Å². The van der Waals surface area contributed by atoms with Gasteiger partial charge in [-0.05, 0) is 37.2 Å². The van der Waals surface area contributed by atoms with Crippen molar-refractivity contribution in [2.45, 2.75) is 26.2 Å². The lowest BCUT2D eigenvalue weighted by Gasteiger charge is -2.13. The smallest absolute Gasteiger partial charge is 0.272 e. The number of rotatable bonds is 4. The Balaban J connectivity index is 2.35. The van der Waals surface area contributed by atoms with Gasteiger partial charge in [-0.25, -0.2) is 0 Å². The zero-order valence-corrected chi connectivity index (χ0v) is 9.27. The first-order valence-electron chi connectivity index (χ1n) is 5.42. The Morgan fingerprint density at radius 3 is 2.69 bits per heavy atom. The molecule has 0 aromatic heterocycles. The summed E-state index contributed by atoms with van der Waals surface area (Å²) in [5, 5.41) is 20.2. The summed E-state index contributed by atoms with van der Waals surface area (Å²) in [7, 11) is 0. The van der Waals surface area contributed by atoms with E-state index in [0.717, 1.165) is 24.0 Å². The van der Waals surface area contributed by atoms with Crippen molar-refractivity contribution in [3.63, 3.8) is 0 Å². The molecule has 0 spiro atoms. The Morgan fingerprint density at radius 2 is 2.19 bits per heavy atom. The van der Waals surface area contributed by atoms with Crippen molar-refractivity contribution in [3.05, 3.63) is 39.4 Å². The lowest BCUT2D eigenvalue weighted by atomic mass is 9.93. The van der Waals surface area contributed by atoms with E-state index in [1.165, 1.54) is 6.07 Å². The van der Waals surface area contributed by atoms with Crippen LogP contribution in [0.5, 0.6) is 0 Å². The molecule has 1 aliphatic rings. The average Bonchev–Trinajstić information content (AvgIpc) is 3.01. The summed E-state index contributed by atoms with van der Waals surface area (Å²) in [6, 6.07) is 5.13. The summed E-state index contributed by atoms with van der Waals surface area (Å²) in [4.78, 5) is 10.6. The Kier molecular flexibility index (Phi) is 2.68. The van der Waals surface area contributed by atoms with E-state index in [2.05, 4.69) is 0 Å². The monoisotopic (exact) mass is 221 g/mol. The van der Waals surface area contributed by atoms with Crippen LogP contribution in [-0.4, -0.2) is 16.6 Å². The van der Waals surface area contributed by atoms with Gasteiger partial charge in [0.15, 0.2) is 0 Å². The third kappa shape index (κ3) is 1.93. The molecule has 86 valence electrons. The SMILES string of the molecule is Cc1cccc([N+](=O)[O-])c1CC1(CO)CC1. The van der Waals surface area contributed by atoms with Crippen LogP contribution >= 0.6 is 0 Å². The van der Waals surface area contributed by atoms with Crippen molar-refractivity contribution >= 4 is 5.69 Å². The molecule has 1 N–H and O–H groups in total. The Hall–Kier alpha value is -1.42. The minimum atomic E-state index is -0.338. The largest absolute Gasteiger partial charge is 0.396 e. The first-order chi connectivity index (χ1) is 7.58. The molecule has 4 heteroatoms. The van der Waals surface area contributed by atoms with Crippen LogP contribution in [0.1, 0.15) is 24.0 Å². The van der Waals surface area contributed by atoms with E-state index in [0.29, 0.717) is 6.42 Å². The molecule has 4 nitrogen and oxygen atoms in total. The maximum atomic E-state index is 10.9. The van der Waals surface area contributed by atoms with Crippen molar-refractivity contribution in [2.75, 3.05) is 6.61 Å². The maximum Gasteiger partial charge on any atom is 0.272 e. The van der Waals surface area contributed by atoms with Gasteiger partial charge in [-0.3, -0.25) is 10.1 Å². The second-order valence-electron chi connectivity index (χ2n) is 4.66. The number of nitro groups is 1. The highest BCUT2D eigenvalue weighted by Crippen LogP contribution is 2.49. The molecule has 0 saturated heterocycles. The summed E-state index contributed by atoms with van der Waals surface area (Å²) in [6.45, 7) is 2.01. The van der Waals surface area contributed by atoms with Gasteiger partial charge in [-0.1, -0.05) is 12.1 Å². The predicted molar refractivity (Wildman–Crippen MR) is 60.3 cm³/mol. The first kappa shape index (κ1) is 11.1. The highest BCUT2D eigenvalue weighted by molar-refractivity contribution is 5.46. The highest BCUT2D eigenvalue weighted by atomic mass is 16.6. The lowest BCUT2D eigenvalue weighted by molar-refractivity contribution is -0.385. The van der Waals surface area contributed by atoms with Crippen molar-refractivity contribution in [2.24, 2.45) is 5.41 Å². The summed E-state index contributed by atoms with van der Waals surface area (Å²) < 4.78 is 0. The van der Waals surface area contributed by atoms with E-state index in [1.54, 1.807) is 6.07 Å². The third-order valence-corrected chi connectivity index (χ3v) is 3.43. The van der Waals surface area contributed by atoms with Gasteiger partial charge >= 0.3 is 0 Å². The number of aryl methyl sites for hydroxylation is 1. The van der Waals surface area contributed by atoms with E-state index >= 15 is 0 Å². The molecule has 0 bridgehead atoms.